The predicted octanol–water partition coefficient (Wildman–Crippen LogP) is 1.06. The lowest BCUT2D eigenvalue weighted by Gasteiger charge is -1.95. The highest BCUT2D eigenvalue weighted by Crippen LogP contribution is 2.19. The molecule has 0 heterocycles. The molecule has 4 nitrogen and oxygen atoms in total. The van der Waals surface area contributed by atoms with Crippen molar-refractivity contribution >= 4 is 23.6 Å². The van der Waals surface area contributed by atoms with Gasteiger partial charge in [0.25, 0.3) is 0 Å². The van der Waals surface area contributed by atoms with Gasteiger partial charge in [-0.25, -0.2) is 9.79 Å². The van der Waals surface area contributed by atoms with Crippen molar-refractivity contribution in [1.82, 2.24) is 0 Å². The average Bonchev–Trinajstić information content (AvgIpc) is 2.03. The molecule has 0 saturated carbocycles. The van der Waals surface area contributed by atoms with Gasteiger partial charge in [0.05, 0.1) is 11.4 Å². The first kappa shape index (κ1) is 8.26. The van der Waals surface area contributed by atoms with Gasteiger partial charge in [0, 0.05) is 0 Å². The molecule has 0 amide bonds. The molecule has 1 aromatic rings. The van der Waals surface area contributed by atoms with E-state index in [9.17, 15) is 4.79 Å². The first-order chi connectivity index (χ1) is 5.70. The van der Waals surface area contributed by atoms with Crippen molar-refractivity contribution in [1.29, 1.82) is 0 Å². The molecule has 1 aromatic carbocycles. The summed E-state index contributed by atoms with van der Waals surface area (Å²) in [6.45, 7) is 0. The number of anilines is 1. The largest absolute Gasteiger partial charge is 0.477 e. The van der Waals surface area contributed by atoms with Crippen molar-refractivity contribution < 1.29 is 9.90 Å². The topological polar surface area (TPSA) is 75.7 Å². The summed E-state index contributed by atoms with van der Waals surface area (Å²) in [7, 11) is 0. The number of carbonyl (C=O) groups is 1. The number of para-hydroxylation sites is 2. The fourth-order valence-electron chi connectivity index (χ4n) is 0.730. The van der Waals surface area contributed by atoms with Crippen LogP contribution < -0.4 is 5.73 Å². The summed E-state index contributed by atoms with van der Waals surface area (Å²) in [5.74, 6) is -1.08. The van der Waals surface area contributed by atoms with E-state index in [1.165, 1.54) is 0 Å². The smallest absolute Gasteiger partial charge is 0.346 e. The van der Waals surface area contributed by atoms with Crippen LogP contribution >= 0.6 is 0 Å². The van der Waals surface area contributed by atoms with Crippen molar-refractivity contribution in [3.63, 3.8) is 0 Å². The molecule has 0 spiro atoms. The van der Waals surface area contributed by atoms with Crippen LogP contribution in [-0.4, -0.2) is 17.3 Å². The number of benzene rings is 1. The normalized spacial score (nSPS) is 10.3. The van der Waals surface area contributed by atoms with E-state index in [1.807, 2.05) is 0 Å². The number of aliphatic carboxylic acids is 1. The molecule has 1 rings (SSSR count). The molecule has 0 aliphatic heterocycles. The van der Waals surface area contributed by atoms with Crippen LogP contribution in [-0.2, 0) is 4.79 Å². The Hall–Kier alpha value is -1.84. The molecule has 0 fully saturated rings. The van der Waals surface area contributed by atoms with Crippen molar-refractivity contribution in [3.05, 3.63) is 24.3 Å². The van der Waals surface area contributed by atoms with E-state index in [1.54, 1.807) is 24.3 Å². The molecule has 0 aromatic heterocycles. The van der Waals surface area contributed by atoms with E-state index in [0.717, 1.165) is 6.21 Å². The second-order valence-corrected chi connectivity index (χ2v) is 2.16. The lowest BCUT2D eigenvalue weighted by atomic mass is 10.3. The molecule has 0 radical (unpaired) electrons. The van der Waals surface area contributed by atoms with Crippen LogP contribution in [0.4, 0.5) is 11.4 Å². The quantitative estimate of drug-likeness (QED) is 0.506. The molecule has 0 bridgehead atoms. The summed E-state index contributed by atoms with van der Waals surface area (Å²) >= 11 is 0. The summed E-state index contributed by atoms with van der Waals surface area (Å²) in [5.41, 5.74) is 6.44. The van der Waals surface area contributed by atoms with Crippen LogP contribution in [0.1, 0.15) is 0 Å². The molecule has 0 unspecified atom stereocenters. The highest BCUT2D eigenvalue weighted by atomic mass is 16.4. The number of hydrogen-bond acceptors (Lipinski definition) is 3. The van der Waals surface area contributed by atoms with Gasteiger partial charge in [-0.2, -0.15) is 0 Å². The van der Waals surface area contributed by atoms with Crippen LogP contribution in [0.15, 0.2) is 29.3 Å². The Morgan fingerprint density at radius 3 is 2.75 bits per heavy atom. The van der Waals surface area contributed by atoms with Gasteiger partial charge in [0.15, 0.2) is 0 Å². The second kappa shape index (κ2) is 3.52. The number of rotatable bonds is 2. The van der Waals surface area contributed by atoms with Crippen molar-refractivity contribution in [2.24, 2.45) is 4.99 Å². The third kappa shape index (κ3) is 2.09. The average molecular weight is 164 g/mol. The summed E-state index contributed by atoms with van der Waals surface area (Å²) in [6.07, 6.45) is 0.811. The maximum absolute atomic E-state index is 10.1. The fourth-order valence-corrected chi connectivity index (χ4v) is 0.730. The second-order valence-electron chi connectivity index (χ2n) is 2.16. The van der Waals surface area contributed by atoms with Gasteiger partial charge in [-0.05, 0) is 12.1 Å². The van der Waals surface area contributed by atoms with Crippen LogP contribution in [0.2, 0.25) is 0 Å². The number of hydrogen-bond donors (Lipinski definition) is 2. The lowest BCUT2D eigenvalue weighted by Crippen LogP contribution is -1.94. The van der Waals surface area contributed by atoms with Gasteiger partial charge in [-0.15, -0.1) is 0 Å². The standard InChI is InChI=1S/C8H8N2O2/c9-6-3-1-2-4-7(6)10-5-8(11)12/h1-5H,9H2,(H,11,12)/b10-5+. The first-order valence-electron chi connectivity index (χ1n) is 3.31. The van der Waals surface area contributed by atoms with Crippen LogP contribution in [0, 0.1) is 0 Å². The number of aliphatic imine (C=N–C) groups is 1. The first-order valence-corrected chi connectivity index (χ1v) is 3.31. The monoisotopic (exact) mass is 164 g/mol. The van der Waals surface area contributed by atoms with E-state index < -0.39 is 5.97 Å². The Kier molecular flexibility index (Phi) is 2.42. The van der Waals surface area contributed by atoms with Crippen molar-refractivity contribution in [2.45, 2.75) is 0 Å². The summed E-state index contributed by atoms with van der Waals surface area (Å²) < 4.78 is 0. The zero-order valence-electron chi connectivity index (χ0n) is 6.27. The van der Waals surface area contributed by atoms with Gasteiger partial charge in [-0.3, -0.25) is 0 Å². The SMILES string of the molecule is Nc1ccccc1/N=C/C(=O)O. The highest BCUT2D eigenvalue weighted by molar-refractivity contribution is 6.22. The lowest BCUT2D eigenvalue weighted by molar-refractivity contribution is -0.128. The zero-order valence-corrected chi connectivity index (χ0v) is 6.27. The number of nitrogen functional groups attached to an aromatic ring is 1. The summed E-state index contributed by atoms with van der Waals surface area (Å²) in [6, 6.07) is 6.81. The van der Waals surface area contributed by atoms with E-state index in [4.69, 9.17) is 10.8 Å². The molecule has 0 atom stereocenters. The van der Waals surface area contributed by atoms with Crippen molar-refractivity contribution in [3.8, 4) is 0 Å². The predicted molar refractivity (Wildman–Crippen MR) is 46.6 cm³/mol. The minimum absolute atomic E-state index is 0.468. The number of carboxylic acids is 1. The van der Waals surface area contributed by atoms with E-state index >= 15 is 0 Å². The molecule has 4 heteroatoms. The fraction of sp³-hybridized carbons (Fsp3) is 0. The Bertz CT molecular complexity index is 321. The maximum Gasteiger partial charge on any atom is 0.346 e. The number of nitrogens with two attached hydrogens (primary N) is 1. The Labute approximate surface area is 69.4 Å². The van der Waals surface area contributed by atoms with Gasteiger partial charge in [0.1, 0.15) is 6.21 Å². The summed E-state index contributed by atoms with van der Waals surface area (Å²) in [5, 5.41) is 8.28. The van der Waals surface area contributed by atoms with Gasteiger partial charge >= 0.3 is 5.97 Å². The van der Waals surface area contributed by atoms with Gasteiger partial charge in [-0.1, -0.05) is 12.1 Å². The molecular weight excluding hydrogens is 156 g/mol. The molecular formula is C8H8N2O2. The van der Waals surface area contributed by atoms with Crippen LogP contribution in [0.3, 0.4) is 0 Å². The molecule has 0 aliphatic rings. The Morgan fingerprint density at radius 1 is 1.50 bits per heavy atom. The van der Waals surface area contributed by atoms with Gasteiger partial charge < -0.3 is 10.8 Å². The number of carboxylic acid groups (broad SMARTS) is 1. The highest BCUT2D eigenvalue weighted by Gasteiger charge is 1.93. The molecule has 12 heavy (non-hydrogen) atoms. The third-order valence-corrected chi connectivity index (χ3v) is 1.25. The summed E-state index contributed by atoms with van der Waals surface area (Å²) in [4.78, 5) is 13.7. The molecule has 3 N–H and O–H groups in total. The van der Waals surface area contributed by atoms with Gasteiger partial charge in [0.2, 0.25) is 0 Å². The number of nitrogens with zero attached hydrogens (tertiary/aromatic N) is 1. The third-order valence-electron chi connectivity index (χ3n) is 1.25. The Balaban J connectivity index is 2.89. The van der Waals surface area contributed by atoms with Crippen LogP contribution in [0.5, 0.6) is 0 Å². The minimum Gasteiger partial charge on any atom is -0.477 e. The van der Waals surface area contributed by atoms with Crippen LogP contribution in [0.25, 0.3) is 0 Å². The van der Waals surface area contributed by atoms with E-state index in [-0.39, 0.29) is 0 Å². The maximum atomic E-state index is 10.1. The van der Waals surface area contributed by atoms with Crippen molar-refractivity contribution in [2.75, 3.05) is 5.73 Å². The zero-order chi connectivity index (χ0) is 8.97. The molecule has 0 aliphatic carbocycles. The van der Waals surface area contributed by atoms with E-state index in [2.05, 4.69) is 4.99 Å². The molecule has 0 saturated heterocycles. The Morgan fingerprint density at radius 2 is 2.17 bits per heavy atom. The molecule has 62 valence electrons. The minimum atomic E-state index is -1.08. The van der Waals surface area contributed by atoms with E-state index in [0.29, 0.717) is 11.4 Å².